The Bertz CT molecular complexity index is 5010. The smallest absolute Gasteiger partial charge is 0.179 e. The van der Waals surface area contributed by atoms with Gasteiger partial charge in [-0.2, -0.15) is 0 Å². The Hall–Kier alpha value is -7.07. The third-order valence-electron chi connectivity index (χ3n) is 15.3. The molecule has 6 aromatic rings. The van der Waals surface area contributed by atoms with Gasteiger partial charge >= 0.3 is 0 Å². The summed E-state index contributed by atoms with van der Waals surface area (Å²) < 4.78 is 172. The van der Waals surface area contributed by atoms with Crippen LogP contribution < -0.4 is 15.6 Å². The maximum Gasteiger partial charge on any atom is 0.179 e. The van der Waals surface area contributed by atoms with Gasteiger partial charge in [-0.15, -0.1) is 0 Å². The monoisotopic (exact) mass is 1290 g/mol. The van der Waals surface area contributed by atoms with E-state index in [0.717, 1.165) is 11.3 Å². The molecule has 17 nitrogen and oxygen atoms in total. The van der Waals surface area contributed by atoms with Crippen molar-refractivity contribution in [2.24, 2.45) is 15.0 Å². The standard InChI is InChI=1S/C64H67N5O12S6/c1-9-23-82(70,71)59-30-45-46(31-60(59)83(72,73)24-10-2)55-38-57-49-34-63(86(78,79)27-13-5)64(87(80,81)28-14-6)35-50(49)58(68-57)39-56-48-33-62(85(76,77)26-12-4)61(84(74,75)25-11-3)32-47(48)54(67-56)37-52-44-29-41(16-15-40-17-20-42(21-18-40)69(7)8)19-22-43(44)51(65-52)36-53(45)66-55/h17-22,29-39,52,68H,9-14,23-28H2,1-8H3/b53-36-,54-37-,57-38-,58-39-. The summed E-state index contributed by atoms with van der Waals surface area (Å²) in [4.78, 5) is 18.4. The molecule has 1 aromatic heterocycles. The van der Waals surface area contributed by atoms with E-state index >= 15 is 0 Å². The fourth-order valence-electron chi connectivity index (χ4n) is 11.4. The second-order valence-corrected chi connectivity index (χ2v) is 34.7. The zero-order valence-electron chi connectivity index (χ0n) is 49.5. The van der Waals surface area contributed by atoms with Crippen LogP contribution in [0.3, 0.4) is 0 Å². The summed E-state index contributed by atoms with van der Waals surface area (Å²) in [6.07, 6.45) is 7.55. The maximum absolute atomic E-state index is 14.4. The Labute approximate surface area is 510 Å². The number of rotatable bonds is 19. The Kier molecular flexibility index (Phi) is 17.2. The number of aromatic amines is 1. The third-order valence-corrected chi connectivity index (χ3v) is 27.5. The number of benzene rings is 5. The van der Waals surface area contributed by atoms with Crippen molar-refractivity contribution >= 4 is 116 Å². The van der Waals surface area contributed by atoms with Crippen LogP contribution in [0.25, 0.3) is 34.3 Å². The van der Waals surface area contributed by atoms with E-state index in [2.05, 4.69) is 16.8 Å². The average molecular weight is 1290 g/mol. The van der Waals surface area contributed by atoms with E-state index in [-0.39, 0.29) is 128 Å². The van der Waals surface area contributed by atoms with Gasteiger partial charge in [0.2, 0.25) is 0 Å². The molecule has 1 unspecified atom stereocenters. The Morgan fingerprint density at radius 1 is 0.414 bits per heavy atom. The minimum atomic E-state index is -4.29. The summed E-state index contributed by atoms with van der Waals surface area (Å²) in [5.41, 5.74) is 5.59. The van der Waals surface area contributed by atoms with Crippen LogP contribution in [0.1, 0.15) is 131 Å². The van der Waals surface area contributed by atoms with Crippen LogP contribution in [0.2, 0.25) is 0 Å². The van der Waals surface area contributed by atoms with Gasteiger partial charge in [0.25, 0.3) is 0 Å². The van der Waals surface area contributed by atoms with Crippen LogP contribution >= 0.6 is 0 Å². The van der Waals surface area contributed by atoms with Gasteiger partial charge in [0.15, 0.2) is 59.0 Å². The van der Waals surface area contributed by atoms with E-state index in [0.29, 0.717) is 22.4 Å². The summed E-state index contributed by atoms with van der Waals surface area (Å²) in [7, 11) is -21.7. The molecule has 4 aliphatic rings. The van der Waals surface area contributed by atoms with Crippen molar-refractivity contribution in [3.8, 4) is 11.8 Å². The van der Waals surface area contributed by atoms with Gasteiger partial charge in [0.1, 0.15) is 0 Å². The van der Waals surface area contributed by atoms with Crippen LogP contribution in [-0.4, -0.2) is 121 Å². The summed E-state index contributed by atoms with van der Waals surface area (Å²) in [5.74, 6) is 4.29. The molecular weight excluding hydrogens is 1220 g/mol. The van der Waals surface area contributed by atoms with Crippen LogP contribution in [0.5, 0.6) is 0 Å². The first-order valence-corrected chi connectivity index (χ1v) is 38.8. The molecule has 23 heteroatoms. The molecule has 87 heavy (non-hydrogen) atoms. The van der Waals surface area contributed by atoms with E-state index in [1.807, 2.05) is 61.5 Å². The summed E-state index contributed by atoms with van der Waals surface area (Å²) in [5, 5.41) is 0.744. The number of hydrogen-bond donors (Lipinski definition) is 1. The molecule has 1 N–H and O–H groups in total. The number of H-pyrrole nitrogens is 1. The molecule has 5 aromatic carbocycles. The van der Waals surface area contributed by atoms with Gasteiger partial charge < -0.3 is 9.88 Å². The topological polar surface area (TPSA) is 261 Å². The van der Waals surface area contributed by atoms with Gasteiger partial charge in [-0.25, -0.2) is 60.5 Å². The SMILES string of the molecule is CCCS(=O)(=O)c1cc2c(cc1S(=O)(=O)CCC)/C1=C/C3=NC(/C=C4N=C(/C=c5\[nH]/c(c6cc(S(=O)(=O)CCC)c(S(=O)(=O)CCC)cc56)=C\C2=N1)c1cc(S(=O)(=O)CCC)c(S(=O)(=O)CCC)cc1\4)c1cc(C#Cc2ccc(N(C)C)cc2)ccc13. The van der Waals surface area contributed by atoms with Crippen LogP contribution in [0.4, 0.5) is 5.69 Å². The zero-order chi connectivity index (χ0) is 62.8. The fourth-order valence-corrected chi connectivity index (χ4v) is 22.2. The number of allylic oxidation sites excluding steroid dienone is 1. The zero-order valence-corrected chi connectivity index (χ0v) is 54.4. The van der Waals surface area contributed by atoms with Crippen molar-refractivity contribution in [1.82, 2.24) is 4.98 Å². The number of anilines is 1. The highest BCUT2D eigenvalue weighted by Gasteiger charge is 2.36. The Morgan fingerprint density at radius 2 is 0.782 bits per heavy atom. The van der Waals surface area contributed by atoms with Crippen LogP contribution in [0.15, 0.2) is 135 Å². The van der Waals surface area contributed by atoms with Gasteiger partial charge in [-0.05, 0) is 141 Å². The third kappa shape index (κ3) is 12.0. The Morgan fingerprint density at radius 3 is 1.20 bits per heavy atom. The summed E-state index contributed by atoms with van der Waals surface area (Å²) >= 11 is 0. The van der Waals surface area contributed by atoms with Crippen molar-refractivity contribution in [3.63, 3.8) is 0 Å². The molecule has 456 valence electrons. The minimum absolute atomic E-state index is 0.128. The number of nitrogens with one attached hydrogen (secondary N) is 1. The van der Waals surface area contributed by atoms with Crippen molar-refractivity contribution in [3.05, 3.63) is 146 Å². The van der Waals surface area contributed by atoms with Crippen LogP contribution in [-0.2, 0) is 59.0 Å². The molecule has 0 fully saturated rings. The predicted molar refractivity (Wildman–Crippen MR) is 345 cm³/mol. The van der Waals surface area contributed by atoms with Gasteiger partial charge in [0, 0.05) is 80.2 Å². The lowest BCUT2D eigenvalue weighted by Gasteiger charge is -2.14. The van der Waals surface area contributed by atoms with Gasteiger partial charge in [-0.3, -0.25) is 4.99 Å². The molecule has 0 radical (unpaired) electrons. The van der Waals surface area contributed by atoms with E-state index in [9.17, 15) is 50.5 Å². The van der Waals surface area contributed by atoms with Crippen molar-refractivity contribution < 1.29 is 50.5 Å². The number of aromatic nitrogens is 1. The number of nitrogens with zero attached hydrogens (tertiary/aromatic N) is 4. The number of sulfone groups is 6. The predicted octanol–water partition coefficient (Wildman–Crippen LogP) is 8.54. The lowest BCUT2D eigenvalue weighted by atomic mass is 9.96. The van der Waals surface area contributed by atoms with Gasteiger partial charge in [0.05, 0.1) is 98.5 Å². The van der Waals surface area contributed by atoms with E-state index < -0.39 is 106 Å². The molecular formula is C64H67N5O12S6. The Balaban J connectivity index is 1.36. The largest absolute Gasteiger partial charge is 0.378 e. The molecule has 5 heterocycles. The van der Waals surface area contributed by atoms with Gasteiger partial charge in [-0.1, -0.05) is 59.4 Å². The maximum atomic E-state index is 14.4. The summed E-state index contributed by atoms with van der Waals surface area (Å²) in [6.45, 7) is 10.0. The highest BCUT2D eigenvalue weighted by molar-refractivity contribution is 7.95. The second-order valence-electron chi connectivity index (χ2n) is 22.2. The highest BCUT2D eigenvalue weighted by atomic mass is 32.2. The molecule has 0 saturated heterocycles. The molecule has 0 saturated carbocycles. The lowest BCUT2D eigenvalue weighted by molar-refractivity contribution is 0.581. The quantitative estimate of drug-likeness (QED) is 0.0746. The fraction of sp³-hybridized carbons (Fsp3) is 0.328. The molecule has 4 aliphatic heterocycles. The molecule has 10 rings (SSSR count). The molecule has 0 amide bonds. The van der Waals surface area contributed by atoms with E-state index in [4.69, 9.17) is 15.0 Å². The molecule has 1 atom stereocenters. The summed E-state index contributed by atoms with van der Waals surface area (Å²) in [6, 6.07) is 20.3. The van der Waals surface area contributed by atoms with Crippen LogP contribution in [0, 0.1) is 11.8 Å². The first kappa shape index (κ1) is 63.0. The second kappa shape index (κ2) is 23.8. The number of aliphatic imine (C=N–C) groups is 3. The van der Waals surface area contributed by atoms with E-state index in [1.54, 1.807) is 65.8 Å². The number of fused-ring (bicyclic) bond motifs is 17. The first-order valence-electron chi connectivity index (χ1n) is 28.9. The van der Waals surface area contributed by atoms with Crippen molar-refractivity contribution in [2.75, 3.05) is 53.5 Å². The van der Waals surface area contributed by atoms with E-state index in [1.165, 1.54) is 36.4 Å². The molecule has 8 bridgehead atoms. The normalized spacial score (nSPS) is 17.6. The van der Waals surface area contributed by atoms with Crippen molar-refractivity contribution in [1.29, 1.82) is 0 Å². The average Bonchev–Trinajstić information content (AvgIpc) is 1.73. The molecule has 0 spiro atoms. The van der Waals surface area contributed by atoms with Crippen molar-refractivity contribution in [2.45, 2.75) is 115 Å². The minimum Gasteiger partial charge on any atom is -0.378 e. The molecule has 0 aliphatic carbocycles. The lowest BCUT2D eigenvalue weighted by Crippen LogP contribution is -2.17. The first-order chi connectivity index (χ1) is 41.1. The number of hydrogen-bond acceptors (Lipinski definition) is 16. The highest BCUT2D eigenvalue weighted by Crippen LogP contribution is 2.43.